The molecule has 18 heavy (non-hydrogen) atoms. The highest BCUT2D eigenvalue weighted by atomic mass is 32.2. The third-order valence-electron chi connectivity index (χ3n) is 3.18. The van der Waals surface area contributed by atoms with Gasteiger partial charge in [-0.05, 0) is 31.1 Å². The van der Waals surface area contributed by atoms with Crippen LogP contribution in [0.25, 0.3) is 0 Å². The highest BCUT2D eigenvalue weighted by Crippen LogP contribution is 2.29. The molecule has 1 aromatic rings. The van der Waals surface area contributed by atoms with Crippen LogP contribution in [0.4, 0.5) is 5.88 Å². The molecule has 0 spiro atoms. The van der Waals surface area contributed by atoms with E-state index < -0.39 is 4.92 Å². The molecule has 1 fully saturated rings. The second kappa shape index (κ2) is 6.24. The van der Waals surface area contributed by atoms with Gasteiger partial charge < -0.3 is 9.73 Å². The minimum Gasteiger partial charge on any atom is -0.404 e. The molecule has 2 rings (SSSR count). The monoisotopic (exact) mass is 270 g/mol. The molecule has 1 heterocycles. The van der Waals surface area contributed by atoms with Crippen molar-refractivity contribution in [1.29, 1.82) is 0 Å². The number of nitro groups is 1. The van der Waals surface area contributed by atoms with Crippen LogP contribution >= 0.6 is 11.8 Å². The molecule has 1 aromatic heterocycles. The fraction of sp³-hybridized carbons (Fsp3) is 0.667. The first-order valence-electron chi connectivity index (χ1n) is 6.27. The quantitative estimate of drug-likeness (QED) is 0.635. The third-order valence-corrected chi connectivity index (χ3v) is 4.41. The number of furan rings is 1. The molecule has 0 amide bonds. The zero-order valence-electron chi connectivity index (χ0n) is 10.4. The minimum atomic E-state index is -0.507. The fourth-order valence-electron chi connectivity index (χ4n) is 2.32. The van der Waals surface area contributed by atoms with Gasteiger partial charge in [0.05, 0.1) is 12.6 Å². The largest absolute Gasteiger partial charge is 0.433 e. The Morgan fingerprint density at radius 1 is 1.56 bits per heavy atom. The van der Waals surface area contributed by atoms with Crippen molar-refractivity contribution in [3.05, 3.63) is 28.0 Å². The van der Waals surface area contributed by atoms with Gasteiger partial charge in [0.25, 0.3) is 0 Å². The first-order chi connectivity index (χ1) is 8.69. The summed E-state index contributed by atoms with van der Waals surface area (Å²) >= 11 is 2.02. The van der Waals surface area contributed by atoms with E-state index in [9.17, 15) is 10.1 Å². The van der Waals surface area contributed by atoms with Gasteiger partial charge in [-0.2, -0.15) is 11.8 Å². The molecule has 1 N–H and O–H groups in total. The maximum atomic E-state index is 10.5. The van der Waals surface area contributed by atoms with Gasteiger partial charge in [0.2, 0.25) is 0 Å². The standard InChI is InChI=1S/C12H18N2O3S/c1-2-18-11-5-3-9(7-11)13-8-10-4-6-12(17-10)14(15)16/h4,6,9,11,13H,2-3,5,7-8H2,1H3. The Morgan fingerprint density at radius 2 is 2.39 bits per heavy atom. The van der Waals surface area contributed by atoms with Crippen LogP contribution in [0, 0.1) is 10.1 Å². The van der Waals surface area contributed by atoms with Crippen LogP contribution in [0.15, 0.2) is 16.5 Å². The van der Waals surface area contributed by atoms with Crippen molar-refractivity contribution in [2.45, 2.75) is 44.0 Å². The van der Waals surface area contributed by atoms with Crippen molar-refractivity contribution in [3.8, 4) is 0 Å². The number of rotatable bonds is 6. The first-order valence-corrected chi connectivity index (χ1v) is 7.32. The number of nitrogens with one attached hydrogen (secondary N) is 1. The van der Waals surface area contributed by atoms with Gasteiger partial charge in [-0.15, -0.1) is 0 Å². The summed E-state index contributed by atoms with van der Waals surface area (Å²) in [5.74, 6) is 1.62. The van der Waals surface area contributed by atoms with E-state index in [1.807, 2.05) is 11.8 Å². The normalized spacial score (nSPS) is 23.4. The summed E-state index contributed by atoms with van der Waals surface area (Å²) in [7, 11) is 0. The van der Waals surface area contributed by atoms with Gasteiger partial charge in [0.1, 0.15) is 10.7 Å². The highest BCUT2D eigenvalue weighted by molar-refractivity contribution is 7.99. The third kappa shape index (κ3) is 3.49. The molecule has 2 atom stereocenters. The summed E-state index contributed by atoms with van der Waals surface area (Å²) in [6.45, 7) is 2.76. The van der Waals surface area contributed by atoms with Gasteiger partial charge in [-0.25, -0.2) is 0 Å². The van der Waals surface area contributed by atoms with Crippen LogP contribution in [-0.2, 0) is 6.54 Å². The zero-order chi connectivity index (χ0) is 13.0. The van der Waals surface area contributed by atoms with Crippen LogP contribution in [0.1, 0.15) is 31.9 Å². The number of hydrogen-bond acceptors (Lipinski definition) is 5. The lowest BCUT2D eigenvalue weighted by Gasteiger charge is -2.11. The maximum absolute atomic E-state index is 10.5. The number of nitrogens with zero attached hydrogens (tertiary/aromatic N) is 1. The van der Waals surface area contributed by atoms with Crippen molar-refractivity contribution >= 4 is 17.6 Å². The molecule has 5 nitrogen and oxygen atoms in total. The number of hydrogen-bond donors (Lipinski definition) is 1. The van der Waals surface area contributed by atoms with E-state index in [1.165, 1.54) is 31.1 Å². The Bertz CT molecular complexity index is 408. The molecule has 6 heteroatoms. The smallest absolute Gasteiger partial charge is 0.404 e. The molecule has 1 aliphatic rings. The van der Waals surface area contributed by atoms with E-state index in [4.69, 9.17) is 4.42 Å². The van der Waals surface area contributed by atoms with Crippen molar-refractivity contribution in [2.24, 2.45) is 0 Å². The number of thioether (sulfide) groups is 1. The predicted molar refractivity (Wildman–Crippen MR) is 71.8 cm³/mol. The van der Waals surface area contributed by atoms with E-state index in [0.29, 0.717) is 18.3 Å². The average molecular weight is 270 g/mol. The van der Waals surface area contributed by atoms with E-state index in [1.54, 1.807) is 6.07 Å². The van der Waals surface area contributed by atoms with Crippen LogP contribution in [0.2, 0.25) is 0 Å². The zero-order valence-corrected chi connectivity index (χ0v) is 11.2. The first kappa shape index (κ1) is 13.4. The van der Waals surface area contributed by atoms with E-state index in [-0.39, 0.29) is 5.88 Å². The lowest BCUT2D eigenvalue weighted by Crippen LogP contribution is -2.25. The Morgan fingerprint density at radius 3 is 3.06 bits per heavy atom. The van der Waals surface area contributed by atoms with Crippen molar-refractivity contribution in [2.75, 3.05) is 5.75 Å². The molecule has 0 bridgehead atoms. The SMILES string of the molecule is CCSC1CCC(NCc2ccc([N+](=O)[O-])o2)C1. The molecule has 100 valence electrons. The summed E-state index contributed by atoms with van der Waals surface area (Å²) in [5.41, 5.74) is 0. The Labute approximate surface area is 110 Å². The van der Waals surface area contributed by atoms with E-state index in [0.717, 1.165) is 5.25 Å². The topological polar surface area (TPSA) is 68.3 Å². The molecule has 0 radical (unpaired) electrons. The molecule has 1 aliphatic carbocycles. The second-order valence-corrected chi connectivity index (χ2v) is 6.04. The van der Waals surface area contributed by atoms with Crippen molar-refractivity contribution in [1.82, 2.24) is 5.32 Å². The molecular weight excluding hydrogens is 252 g/mol. The van der Waals surface area contributed by atoms with Crippen molar-refractivity contribution < 1.29 is 9.34 Å². The maximum Gasteiger partial charge on any atom is 0.433 e. The molecule has 0 saturated heterocycles. The van der Waals surface area contributed by atoms with Gasteiger partial charge in [-0.3, -0.25) is 10.1 Å². The molecule has 1 saturated carbocycles. The highest BCUT2D eigenvalue weighted by Gasteiger charge is 2.24. The molecule has 0 aromatic carbocycles. The van der Waals surface area contributed by atoms with Crippen molar-refractivity contribution in [3.63, 3.8) is 0 Å². The predicted octanol–water partition coefficient (Wildman–Crippen LogP) is 2.95. The molecular formula is C12H18N2O3S. The van der Waals surface area contributed by atoms with Gasteiger partial charge in [0, 0.05) is 11.3 Å². The van der Waals surface area contributed by atoms with Gasteiger partial charge >= 0.3 is 5.88 Å². The van der Waals surface area contributed by atoms with Crippen LogP contribution < -0.4 is 5.32 Å². The summed E-state index contributed by atoms with van der Waals surface area (Å²) in [6.07, 6.45) is 3.62. The Hall–Kier alpha value is -1.01. The Balaban J connectivity index is 1.76. The lowest BCUT2D eigenvalue weighted by atomic mass is 10.2. The summed E-state index contributed by atoms with van der Waals surface area (Å²) in [6, 6.07) is 3.58. The average Bonchev–Trinajstić information content (AvgIpc) is 2.95. The van der Waals surface area contributed by atoms with E-state index in [2.05, 4.69) is 12.2 Å². The second-order valence-electron chi connectivity index (χ2n) is 4.47. The summed E-state index contributed by atoms with van der Waals surface area (Å²) in [5, 5.41) is 14.6. The Kier molecular flexibility index (Phi) is 4.66. The lowest BCUT2D eigenvalue weighted by molar-refractivity contribution is -0.402. The fourth-order valence-corrected chi connectivity index (χ4v) is 3.46. The molecule has 2 unspecified atom stereocenters. The van der Waals surface area contributed by atoms with Crippen LogP contribution in [0.3, 0.4) is 0 Å². The minimum absolute atomic E-state index is 0.183. The van der Waals surface area contributed by atoms with Gasteiger partial charge in [0.15, 0.2) is 0 Å². The molecule has 0 aliphatic heterocycles. The van der Waals surface area contributed by atoms with Gasteiger partial charge in [-0.1, -0.05) is 6.92 Å². The van der Waals surface area contributed by atoms with Crippen LogP contribution in [-0.4, -0.2) is 22.0 Å². The van der Waals surface area contributed by atoms with E-state index >= 15 is 0 Å². The summed E-state index contributed by atoms with van der Waals surface area (Å²) in [4.78, 5) is 9.97. The summed E-state index contributed by atoms with van der Waals surface area (Å²) < 4.78 is 5.11. The van der Waals surface area contributed by atoms with Crippen LogP contribution in [0.5, 0.6) is 0 Å².